The van der Waals surface area contributed by atoms with E-state index in [4.69, 9.17) is 23.2 Å². The lowest BCUT2D eigenvalue weighted by molar-refractivity contribution is -0.132. The molecule has 0 aromatic heterocycles. The summed E-state index contributed by atoms with van der Waals surface area (Å²) in [5, 5.41) is 1.34. The molecule has 1 fully saturated rings. The zero-order valence-electron chi connectivity index (χ0n) is 7.22. The molecule has 2 nitrogen and oxygen atoms in total. The zero-order valence-corrected chi connectivity index (χ0v) is 8.74. The van der Waals surface area contributed by atoms with E-state index < -0.39 is 0 Å². The van der Waals surface area contributed by atoms with Crippen LogP contribution in [0, 0.1) is 5.92 Å². The van der Waals surface area contributed by atoms with Gasteiger partial charge < -0.3 is 4.90 Å². The molecule has 0 radical (unpaired) electrons. The summed E-state index contributed by atoms with van der Waals surface area (Å²) in [6, 6.07) is 0. The number of carbonyl (C=O) groups is 1. The van der Waals surface area contributed by atoms with Crippen LogP contribution < -0.4 is 0 Å². The molecule has 1 saturated carbocycles. The van der Waals surface area contributed by atoms with Gasteiger partial charge in [-0.1, -0.05) is 23.2 Å². The highest BCUT2D eigenvalue weighted by Gasteiger charge is 2.34. The SMILES string of the molecule is O=C(C1CC1)N1CCC(Cl)=C(Cl)C1. The van der Waals surface area contributed by atoms with Gasteiger partial charge in [0.15, 0.2) is 0 Å². The van der Waals surface area contributed by atoms with Gasteiger partial charge in [0.05, 0.1) is 11.6 Å². The monoisotopic (exact) mass is 219 g/mol. The van der Waals surface area contributed by atoms with Gasteiger partial charge in [-0.2, -0.15) is 0 Å². The van der Waals surface area contributed by atoms with Crippen LogP contribution in [0.1, 0.15) is 19.3 Å². The third-order valence-electron chi connectivity index (χ3n) is 2.46. The second-order valence-electron chi connectivity index (χ2n) is 3.59. The van der Waals surface area contributed by atoms with Gasteiger partial charge in [0.2, 0.25) is 5.91 Å². The molecule has 0 spiro atoms. The second-order valence-corrected chi connectivity index (χ2v) is 4.51. The van der Waals surface area contributed by atoms with E-state index in [9.17, 15) is 4.79 Å². The van der Waals surface area contributed by atoms with Crippen molar-refractivity contribution >= 4 is 29.1 Å². The van der Waals surface area contributed by atoms with Crippen molar-refractivity contribution in [2.75, 3.05) is 13.1 Å². The summed E-state index contributed by atoms with van der Waals surface area (Å²) in [4.78, 5) is 13.4. The topological polar surface area (TPSA) is 20.3 Å². The molecule has 4 heteroatoms. The average molecular weight is 220 g/mol. The maximum absolute atomic E-state index is 11.6. The summed E-state index contributed by atoms with van der Waals surface area (Å²) in [7, 11) is 0. The maximum Gasteiger partial charge on any atom is 0.226 e. The number of amides is 1. The van der Waals surface area contributed by atoms with Gasteiger partial charge in [-0.05, 0) is 12.8 Å². The Balaban J connectivity index is 2.00. The lowest BCUT2D eigenvalue weighted by Crippen LogP contribution is -2.36. The summed E-state index contributed by atoms with van der Waals surface area (Å²) in [5.74, 6) is 0.531. The Morgan fingerprint density at radius 3 is 2.54 bits per heavy atom. The zero-order chi connectivity index (χ0) is 9.42. The maximum atomic E-state index is 11.6. The Bertz CT molecular complexity index is 271. The van der Waals surface area contributed by atoms with Crippen LogP contribution in [0.15, 0.2) is 10.1 Å². The molecule has 0 aromatic carbocycles. The number of nitrogens with zero attached hydrogens (tertiary/aromatic N) is 1. The molecule has 1 aliphatic carbocycles. The summed E-state index contributed by atoms with van der Waals surface area (Å²) >= 11 is 11.7. The Labute approximate surface area is 87.5 Å². The first kappa shape index (κ1) is 9.35. The first-order valence-electron chi connectivity index (χ1n) is 4.50. The van der Waals surface area contributed by atoms with Crippen LogP contribution in [-0.2, 0) is 4.79 Å². The first-order valence-corrected chi connectivity index (χ1v) is 5.26. The highest BCUT2D eigenvalue weighted by Crippen LogP contribution is 2.33. The van der Waals surface area contributed by atoms with Gasteiger partial charge in [0.1, 0.15) is 0 Å². The van der Waals surface area contributed by atoms with Crippen LogP contribution in [0.4, 0.5) is 0 Å². The van der Waals surface area contributed by atoms with Gasteiger partial charge in [-0.3, -0.25) is 4.79 Å². The van der Waals surface area contributed by atoms with E-state index in [1.54, 1.807) is 0 Å². The van der Waals surface area contributed by atoms with Gasteiger partial charge in [0.25, 0.3) is 0 Å². The molecule has 1 aliphatic heterocycles. The van der Waals surface area contributed by atoms with Crippen LogP contribution in [0.3, 0.4) is 0 Å². The predicted octanol–water partition coefficient (Wildman–Crippen LogP) is 2.32. The van der Waals surface area contributed by atoms with Gasteiger partial charge in [0, 0.05) is 23.9 Å². The third-order valence-corrected chi connectivity index (χ3v) is 3.32. The molecule has 2 aliphatic rings. The van der Waals surface area contributed by atoms with E-state index in [1.165, 1.54) is 0 Å². The summed E-state index contributed by atoms with van der Waals surface area (Å²) in [6.07, 6.45) is 2.80. The largest absolute Gasteiger partial charge is 0.337 e. The molecule has 0 bridgehead atoms. The normalized spacial score (nSPS) is 23.7. The molecule has 0 aromatic rings. The fourth-order valence-corrected chi connectivity index (χ4v) is 1.86. The third kappa shape index (κ3) is 2.00. The second kappa shape index (κ2) is 3.50. The lowest BCUT2D eigenvalue weighted by atomic mass is 10.2. The molecule has 72 valence electrons. The van der Waals surface area contributed by atoms with E-state index in [1.807, 2.05) is 4.90 Å². The molecule has 0 atom stereocenters. The minimum Gasteiger partial charge on any atom is -0.337 e. The molecular formula is C9H11Cl2NO. The Hall–Kier alpha value is -0.210. The Kier molecular flexibility index (Phi) is 2.52. The lowest BCUT2D eigenvalue weighted by Gasteiger charge is -2.26. The van der Waals surface area contributed by atoms with Crippen molar-refractivity contribution < 1.29 is 4.79 Å². The van der Waals surface area contributed by atoms with Crippen LogP contribution in [0.25, 0.3) is 0 Å². The molecule has 1 amide bonds. The van der Waals surface area contributed by atoms with E-state index >= 15 is 0 Å². The number of hydrogen-bond donors (Lipinski definition) is 0. The molecule has 2 rings (SSSR count). The van der Waals surface area contributed by atoms with Crippen molar-refractivity contribution in [1.29, 1.82) is 0 Å². The van der Waals surface area contributed by atoms with Crippen LogP contribution >= 0.6 is 23.2 Å². The standard InChI is InChI=1S/C9H11Cl2NO/c10-7-3-4-12(5-8(7)11)9(13)6-1-2-6/h6H,1-5H2. The number of carbonyl (C=O) groups excluding carboxylic acids is 1. The van der Waals surface area contributed by atoms with Gasteiger partial charge in [-0.15, -0.1) is 0 Å². The number of hydrogen-bond acceptors (Lipinski definition) is 1. The summed E-state index contributed by atoms with van der Waals surface area (Å²) < 4.78 is 0. The predicted molar refractivity (Wildman–Crippen MR) is 52.7 cm³/mol. The quantitative estimate of drug-likeness (QED) is 0.664. The highest BCUT2D eigenvalue weighted by atomic mass is 35.5. The van der Waals surface area contributed by atoms with Crippen molar-refractivity contribution in [2.45, 2.75) is 19.3 Å². The van der Waals surface area contributed by atoms with E-state index in [-0.39, 0.29) is 11.8 Å². The smallest absolute Gasteiger partial charge is 0.226 e. The van der Waals surface area contributed by atoms with Crippen molar-refractivity contribution in [1.82, 2.24) is 4.90 Å². The molecule has 0 unspecified atom stereocenters. The minimum absolute atomic E-state index is 0.252. The fraction of sp³-hybridized carbons (Fsp3) is 0.667. The van der Waals surface area contributed by atoms with Crippen molar-refractivity contribution in [2.24, 2.45) is 5.92 Å². The molecule has 0 N–H and O–H groups in total. The van der Waals surface area contributed by atoms with E-state index in [0.29, 0.717) is 23.0 Å². The molecular weight excluding hydrogens is 209 g/mol. The number of halogens is 2. The van der Waals surface area contributed by atoms with Crippen LogP contribution in [0.2, 0.25) is 0 Å². The first-order chi connectivity index (χ1) is 6.18. The summed E-state index contributed by atoms with van der Waals surface area (Å²) in [5.41, 5.74) is 0. The Morgan fingerprint density at radius 2 is 2.00 bits per heavy atom. The highest BCUT2D eigenvalue weighted by molar-refractivity contribution is 6.39. The molecule has 0 saturated heterocycles. The average Bonchev–Trinajstić information content (AvgIpc) is 2.91. The van der Waals surface area contributed by atoms with Crippen molar-refractivity contribution in [3.8, 4) is 0 Å². The van der Waals surface area contributed by atoms with E-state index in [0.717, 1.165) is 19.4 Å². The fourth-order valence-electron chi connectivity index (χ4n) is 1.48. The van der Waals surface area contributed by atoms with Gasteiger partial charge >= 0.3 is 0 Å². The van der Waals surface area contributed by atoms with Crippen LogP contribution in [0.5, 0.6) is 0 Å². The molecule has 13 heavy (non-hydrogen) atoms. The van der Waals surface area contributed by atoms with Crippen molar-refractivity contribution in [3.05, 3.63) is 10.1 Å². The van der Waals surface area contributed by atoms with Gasteiger partial charge in [-0.25, -0.2) is 0 Å². The van der Waals surface area contributed by atoms with E-state index in [2.05, 4.69) is 0 Å². The van der Waals surface area contributed by atoms with Crippen molar-refractivity contribution in [3.63, 3.8) is 0 Å². The minimum atomic E-state index is 0.252. The Morgan fingerprint density at radius 1 is 1.31 bits per heavy atom. The molecule has 1 heterocycles. The number of rotatable bonds is 1. The summed E-state index contributed by atoms with van der Waals surface area (Å²) in [6.45, 7) is 1.24. The van der Waals surface area contributed by atoms with Crippen LogP contribution in [-0.4, -0.2) is 23.9 Å².